The first-order valence-electron chi connectivity index (χ1n) is 4.36. The molecule has 0 radical (unpaired) electrons. The lowest BCUT2D eigenvalue weighted by Gasteiger charge is -2.29. The molecule has 0 aromatic carbocycles. The van der Waals surface area contributed by atoms with Crippen molar-refractivity contribution in [2.24, 2.45) is 0 Å². The van der Waals surface area contributed by atoms with E-state index in [4.69, 9.17) is 0 Å². The summed E-state index contributed by atoms with van der Waals surface area (Å²) < 4.78 is 0. The van der Waals surface area contributed by atoms with Gasteiger partial charge in [-0.15, -0.1) is 0 Å². The molecule has 0 aliphatic carbocycles. The summed E-state index contributed by atoms with van der Waals surface area (Å²) in [5.41, 5.74) is 0.832. The number of aromatic nitrogens is 2. The Kier molecular flexibility index (Phi) is 1.96. The summed E-state index contributed by atoms with van der Waals surface area (Å²) in [4.78, 5) is 21.4. The number of aryl methyl sites for hydroxylation is 1. The number of hydrogen-bond donors (Lipinski definition) is 0. The van der Waals surface area contributed by atoms with Gasteiger partial charge in [-0.3, -0.25) is 4.79 Å². The van der Waals surface area contributed by atoms with Gasteiger partial charge in [-0.05, 0) is 19.4 Å². The normalized spacial score (nSPS) is 15.3. The van der Waals surface area contributed by atoms with Crippen LogP contribution in [0.3, 0.4) is 0 Å². The van der Waals surface area contributed by atoms with Gasteiger partial charge >= 0.3 is 0 Å². The fraction of sp³-hybridized carbons (Fsp3) is 0.444. The van der Waals surface area contributed by atoms with Crippen molar-refractivity contribution in [1.82, 2.24) is 14.9 Å². The van der Waals surface area contributed by atoms with E-state index in [2.05, 4.69) is 9.97 Å². The molecule has 0 atom stereocenters. The lowest BCUT2D eigenvalue weighted by Crippen LogP contribution is -2.42. The van der Waals surface area contributed by atoms with Crippen LogP contribution in [0.1, 0.15) is 22.7 Å². The van der Waals surface area contributed by atoms with Gasteiger partial charge in [0.2, 0.25) is 5.82 Å². The van der Waals surface area contributed by atoms with Gasteiger partial charge in [-0.25, -0.2) is 9.97 Å². The van der Waals surface area contributed by atoms with E-state index in [0.717, 1.165) is 25.2 Å². The molecule has 1 aromatic rings. The Morgan fingerprint density at radius 1 is 1.54 bits per heavy atom. The Hall–Kier alpha value is -1.45. The first-order chi connectivity index (χ1) is 6.27. The van der Waals surface area contributed by atoms with Crippen LogP contribution in [-0.4, -0.2) is 33.9 Å². The predicted molar refractivity (Wildman–Crippen MR) is 47.3 cm³/mol. The van der Waals surface area contributed by atoms with Gasteiger partial charge in [-0.1, -0.05) is 0 Å². The molecule has 1 fully saturated rings. The summed E-state index contributed by atoms with van der Waals surface area (Å²) in [5, 5.41) is 0. The Labute approximate surface area is 76.6 Å². The zero-order chi connectivity index (χ0) is 9.26. The predicted octanol–water partition coefficient (Wildman–Crippen LogP) is 0.631. The number of nitrogens with zero attached hydrogens (tertiary/aromatic N) is 3. The largest absolute Gasteiger partial charge is 0.336 e. The van der Waals surface area contributed by atoms with Gasteiger partial charge < -0.3 is 4.90 Å². The molecule has 2 heterocycles. The van der Waals surface area contributed by atoms with Gasteiger partial charge in [-0.2, -0.15) is 0 Å². The van der Waals surface area contributed by atoms with Crippen molar-refractivity contribution in [3.8, 4) is 0 Å². The molecule has 0 spiro atoms. The maximum Gasteiger partial charge on any atom is 0.291 e. The molecule has 1 saturated heterocycles. The van der Waals surface area contributed by atoms with E-state index in [-0.39, 0.29) is 5.91 Å². The van der Waals surface area contributed by atoms with Crippen LogP contribution in [0.15, 0.2) is 12.3 Å². The second-order valence-electron chi connectivity index (χ2n) is 3.17. The van der Waals surface area contributed by atoms with Crippen molar-refractivity contribution in [3.05, 3.63) is 23.8 Å². The van der Waals surface area contributed by atoms with Crippen LogP contribution in [-0.2, 0) is 0 Å². The molecule has 0 unspecified atom stereocenters. The van der Waals surface area contributed by atoms with Crippen molar-refractivity contribution in [1.29, 1.82) is 0 Å². The SMILES string of the molecule is Cc1ccnc(C(=O)N2CCC2)n1. The first kappa shape index (κ1) is 8.16. The summed E-state index contributed by atoms with van der Waals surface area (Å²) in [6.45, 7) is 3.54. The van der Waals surface area contributed by atoms with E-state index < -0.39 is 0 Å². The summed E-state index contributed by atoms with van der Waals surface area (Å²) in [6.07, 6.45) is 2.72. The topological polar surface area (TPSA) is 46.1 Å². The van der Waals surface area contributed by atoms with E-state index in [1.54, 1.807) is 17.2 Å². The number of amides is 1. The molecular formula is C9H11N3O. The van der Waals surface area contributed by atoms with Gasteiger partial charge in [0.15, 0.2) is 0 Å². The third-order valence-corrected chi connectivity index (χ3v) is 2.13. The average molecular weight is 177 g/mol. The number of likely N-dealkylation sites (tertiary alicyclic amines) is 1. The van der Waals surface area contributed by atoms with Crippen molar-refractivity contribution in [3.63, 3.8) is 0 Å². The van der Waals surface area contributed by atoms with Gasteiger partial charge in [0.1, 0.15) is 0 Å². The second-order valence-corrected chi connectivity index (χ2v) is 3.17. The van der Waals surface area contributed by atoms with Gasteiger partial charge in [0, 0.05) is 25.0 Å². The van der Waals surface area contributed by atoms with Crippen LogP contribution >= 0.6 is 0 Å². The highest BCUT2D eigenvalue weighted by Crippen LogP contribution is 2.09. The summed E-state index contributed by atoms with van der Waals surface area (Å²) in [7, 11) is 0. The van der Waals surface area contributed by atoms with Crippen molar-refractivity contribution >= 4 is 5.91 Å². The highest BCUT2D eigenvalue weighted by atomic mass is 16.2. The van der Waals surface area contributed by atoms with Crippen molar-refractivity contribution in [2.45, 2.75) is 13.3 Å². The highest BCUT2D eigenvalue weighted by molar-refractivity contribution is 5.90. The zero-order valence-electron chi connectivity index (χ0n) is 7.53. The molecule has 0 saturated carbocycles. The number of rotatable bonds is 1. The fourth-order valence-electron chi connectivity index (χ4n) is 1.21. The van der Waals surface area contributed by atoms with E-state index in [1.807, 2.05) is 6.92 Å². The van der Waals surface area contributed by atoms with E-state index >= 15 is 0 Å². The molecule has 0 bridgehead atoms. The summed E-state index contributed by atoms with van der Waals surface area (Å²) in [6, 6.07) is 1.78. The van der Waals surface area contributed by atoms with Crippen LogP contribution < -0.4 is 0 Å². The van der Waals surface area contributed by atoms with Crippen LogP contribution in [0, 0.1) is 6.92 Å². The smallest absolute Gasteiger partial charge is 0.291 e. The first-order valence-corrected chi connectivity index (χ1v) is 4.36. The van der Waals surface area contributed by atoms with Crippen molar-refractivity contribution in [2.75, 3.05) is 13.1 Å². The van der Waals surface area contributed by atoms with Crippen LogP contribution in [0.2, 0.25) is 0 Å². The summed E-state index contributed by atoms with van der Waals surface area (Å²) in [5.74, 6) is 0.273. The van der Waals surface area contributed by atoms with E-state index in [9.17, 15) is 4.79 Å². The maximum atomic E-state index is 11.6. The molecule has 0 N–H and O–H groups in total. The monoisotopic (exact) mass is 177 g/mol. The molecule has 1 amide bonds. The zero-order valence-corrected chi connectivity index (χ0v) is 7.53. The second kappa shape index (κ2) is 3.12. The maximum absolute atomic E-state index is 11.6. The lowest BCUT2D eigenvalue weighted by molar-refractivity contribution is 0.0638. The molecule has 2 rings (SSSR count). The standard InChI is InChI=1S/C9H11N3O/c1-7-3-4-10-8(11-7)9(13)12-5-2-6-12/h3-4H,2,5-6H2,1H3. The Balaban J connectivity index is 2.19. The quantitative estimate of drug-likeness (QED) is 0.632. The molecule has 1 aromatic heterocycles. The fourth-order valence-corrected chi connectivity index (χ4v) is 1.21. The number of carbonyl (C=O) groups is 1. The molecule has 13 heavy (non-hydrogen) atoms. The Bertz CT molecular complexity index is 333. The number of carbonyl (C=O) groups excluding carboxylic acids is 1. The average Bonchev–Trinajstić information content (AvgIpc) is 2.01. The lowest BCUT2D eigenvalue weighted by atomic mass is 10.2. The van der Waals surface area contributed by atoms with E-state index in [0.29, 0.717) is 5.82 Å². The van der Waals surface area contributed by atoms with Crippen LogP contribution in [0.5, 0.6) is 0 Å². The highest BCUT2D eigenvalue weighted by Gasteiger charge is 2.23. The molecule has 4 nitrogen and oxygen atoms in total. The minimum atomic E-state index is -0.0463. The molecule has 1 aliphatic rings. The molecule has 68 valence electrons. The minimum absolute atomic E-state index is 0.0463. The third-order valence-electron chi connectivity index (χ3n) is 2.13. The molecule has 1 aliphatic heterocycles. The summed E-state index contributed by atoms with van der Waals surface area (Å²) >= 11 is 0. The molecule has 4 heteroatoms. The van der Waals surface area contributed by atoms with Gasteiger partial charge in [0.05, 0.1) is 0 Å². The number of hydrogen-bond acceptors (Lipinski definition) is 3. The van der Waals surface area contributed by atoms with Crippen LogP contribution in [0.25, 0.3) is 0 Å². The van der Waals surface area contributed by atoms with Gasteiger partial charge in [0.25, 0.3) is 5.91 Å². The minimum Gasteiger partial charge on any atom is -0.336 e. The third kappa shape index (κ3) is 1.52. The van der Waals surface area contributed by atoms with Crippen molar-refractivity contribution < 1.29 is 4.79 Å². The molecular weight excluding hydrogens is 166 g/mol. The Morgan fingerprint density at radius 3 is 2.85 bits per heavy atom. The Morgan fingerprint density at radius 2 is 2.31 bits per heavy atom. The van der Waals surface area contributed by atoms with E-state index in [1.165, 1.54) is 0 Å². The van der Waals surface area contributed by atoms with Crippen LogP contribution in [0.4, 0.5) is 0 Å².